The third-order valence-corrected chi connectivity index (χ3v) is 1.66. The van der Waals surface area contributed by atoms with E-state index in [0.29, 0.717) is 0 Å². The summed E-state index contributed by atoms with van der Waals surface area (Å²) in [6.45, 7) is 0. The van der Waals surface area contributed by atoms with Crippen molar-refractivity contribution in [1.82, 2.24) is 0 Å². The summed E-state index contributed by atoms with van der Waals surface area (Å²) in [5, 5.41) is 2.62. The van der Waals surface area contributed by atoms with Gasteiger partial charge in [-0.05, 0) is 10.8 Å². The quantitative estimate of drug-likeness (QED) is 0.692. The summed E-state index contributed by atoms with van der Waals surface area (Å²) in [7, 11) is 0. The molecule has 2 rings (SSSR count). The molecule has 1 heteroatoms. The number of hydrogen-bond acceptors (Lipinski definition) is 0. The first-order valence-electron chi connectivity index (χ1n) is 3.40. The van der Waals surface area contributed by atoms with E-state index in [1.165, 1.54) is 10.8 Å². The molecule has 0 atom stereocenters. The Kier molecular flexibility index (Phi) is 3.47. The van der Waals surface area contributed by atoms with Gasteiger partial charge in [-0.15, -0.1) is 0 Å². The zero-order chi connectivity index (χ0) is 6.81. The van der Waals surface area contributed by atoms with Crippen molar-refractivity contribution < 1.29 is 40.8 Å². The molecule has 0 N–H and O–H groups in total. The van der Waals surface area contributed by atoms with Crippen molar-refractivity contribution in [2.24, 2.45) is 0 Å². The van der Waals surface area contributed by atoms with Crippen LogP contribution in [0.3, 0.4) is 0 Å². The second-order valence-corrected chi connectivity index (χ2v) is 2.35. The minimum atomic E-state index is 0. The predicted molar refractivity (Wildman–Crippen MR) is 43.9 cm³/mol. The van der Waals surface area contributed by atoms with E-state index >= 15 is 0 Å². The van der Waals surface area contributed by atoms with Crippen molar-refractivity contribution in [2.75, 3.05) is 0 Å². The molecule has 0 saturated heterocycles. The fourth-order valence-electron chi connectivity index (χ4n) is 1.13. The molecule has 0 radical (unpaired) electrons. The summed E-state index contributed by atoms with van der Waals surface area (Å²) in [5.41, 5.74) is 0. The molecule has 0 saturated carbocycles. The van der Waals surface area contributed by atoms with E-state index in [9.17, 15) is 0 Å². The van der Waals surface area contributed by atoms with Crippen LogP contribution in [0.25, 0.3) is 10.8 Å². The van der Waals surface area contributed by atoms with Crippen molar-refractivity contribution in [3.05, 3.63) is 48.5 Å². The van der Waals surface area contributed by atoms with Gasteiger partial charge in [-0.25, -0.2) is 0 Å². The minimum Gasteiger partial charge on any atom is -0.0616 e. The molecule has 0 aromatic heterocycles. The second kappa shape index (κ2) is 4.17. The normalized spacial score (nSPS) is 9.09. The SMILES string of the molecule is [Nd].c1ccc2ccccc2c1. The van der Waals surface area contributed by atoms with Crippen LogP contribution in [0.15, 0.2) is 48.5 Å². The number of fused-ring (bicyclic) bond motifs is 1. The first kappa shape index (κ1) is 9.14. The second-order valence-electron chi connectivity index (χ2n) is 2.35. The molecular weight excluding hydrogens is 264 g/mol. The van der Waals surface area contributed by atoms with Gasteiger partial charge in [0.15, 0.2) is 0 Å². The van der Waals surface area contributed by atoms with Crippen molar-refractivity contribution in [3.63, 3.8) is 0 Å². The van der Waals surface area contributed by atoms with E-state index < -0.39 is 0 Å². The van der Waals surface area contributed by atoms with Crippen LogP contribution in [-0.2, 0) is 0 Å². The maximum absolute atomic E-state index is 2.12. The van der Waals surface area contributed by atoms with Gasteiger partial charge in [0.25, 0.3) is 0 Å². The Balaban J connectivity index is 0.000000605. The third-order valence-electron chi connectivity index (χ3n) is 1.66. The number of rotatable bonds is 0. The molecule has 52 valence electrons. The molecule has 0 fully saturated rings. The molecule has 2 aromatic carbocycles. The molecule has 0 unspecified atom stereocenters. The van der Waals surface area contributed by atoms with Crippen molar-refractivity contribution >= 4 is 10.8 Å². The largest absolute Gasteiger partial charge is 0.0616 e. The molecule has 0 spiro atoms. The Hall–Kier alpha value is 0.0506. The molecule has 11 heavy (non-hydrogen) atoms. The van der Waals surface area contributed by atoms with Gasteiger partial charge >= 0.3 is 0 Å². The Morgan fingerprint density at radius 1 is 0.545 bits per heavy atom. The average molecular weight is 272 g/mol. The summed E-state index contributed by atoms with van der Waals surface area (Å²) in [4.78, 5) is 0. The van der Waals surface area contributed by atoms with Crippen LogP contribution in [0.5, 0.6) is 0 Å². The zero-order valence-electron chi connectivity index (χ0n) is 6.12. The van der Waals surface area contributed by atoms with Gasteiger partial charge in [0.1, 0.15) is 0 Å². The van der Waals surface area contributed by atoms with E-state index in [0.717, 1.165) is 0 Å². The van der Waals surface area contributed by atoms with Gasteiger partial charge in [-0.1, -0.05) is 48.5 Å². The van der Waals surface area contributed by atoms with Gasteiger partial charge in [0.2, 0.25) is 0 Å². The molecule has 0 amide bonds. The zero-order valence-corrected chi connectivity index (χ0v) is 9.33. The Morgan fingerprint density at radius 2 is 0.818 bits per heavy atom. The fraction of sp³-hybridized carbons (Fsp3) is 0. The Morgan fingerprint density at radius 3 is 1.09 bits per heavy atom. The maximum atomic E-state index is 2.12. The molecule has 0 aliphatic heterocycles. The van der Waals surface area contributed by atoms with Crippen molar-refractivity contribution in [2.45, 2.75) is 0 Å². The topological polar surface area (TPSA) is 0 Å². The first-order valence-corrected chi connectivity index (χ1v) is 3.40. The summed E-state index contributed by atoms with van der Waals surface area (Å²) in [5.74, 6) is 0. The fourth-order valence-corrected chi connectivity index (χ4v) is 1.13. The third kappa shape index (κ3) is 2.00. The van der Waals surface area contributed by atoms with E-state index in [-0.39, 0.29) is 40.8 Å². The standard InChI is InChI=1S/C10H8.Nd/c1-2-6-10-8-4-3-7-9(10)5-1;/h1-8H;. The van der Waals surface area contributed by atoms with Gasteiger partial charge in [-0.3, -0.25) is 0 Å². The summed E-state index contributed by atoms with van der Waals surface area (Å²) >= 11 is 0. The summed E-state index contributed by atoms with van der Waals surface area (Å²) in [6.07, 6.45) is 0. The van der Waals surface area contributed by atoms with Crippen LogP contribution >= 0.6 is 0 Å². The summed E-state index contributed by atoms with van der Waals surface area (Å²) in [6, 6.07) is 16.7. The smallest absolute Gasteiger partial charge is 0 e. The van der Waals surface area contributed by atoms with Crippen LogP contribution < -0.4 is 0 Å². The maximum Gasteiger partial charge on any atom is 0 e. The molecule has 0 bridgehead atoms. The molecule has 0 nitrogen and oxygen atoms in total. The number of hydrogen-bond donors (Lipinski definition) is 0. The van der Waals surface area contributed by atoms with E-state index in [1.54, 1.807) is 0 Å². The van der Waals surface area contributed by atoms with Crippen LogP contribution in [-0.4, -0.2) is 0 Å². The van der Waals surface area contributed by atoms with Crippen LogP contribution in [0.1, 0.15) is 0 Å². The Bertz CT molecular complexity index is 276. The molecule has 0 aliphatic rings. The molecular formula is C10H8Nd. The minimum absolute atomic E-state index is 0. The van der Waals surface area contributed by atoms with E-state index in [1.807, 2.05) is 0 Å². The van der Waals surface area contributed by atoms with Crippen molar-refractivity contribution in [3.8, 4) is 0 Å². The summed E-state index contributed by atoms with van der Waals surface area (Å²) < 4.78 is 0. The van der Waals surface area contributed by atoms with E-state index in [4.69, 9.17) is 0 Å². The van der Waals surface area contributed by atoms with Gasteiger partial charge in [-0.2, -0.15) is 0 Å². The first-order chi connectivity index (χ1) is 4.97. The van der Waals surface area contributed by atoms with Gasteiger partial charge in [0, 0.05) is 40.8 Å². The van der Waals surface area contributed by atoms with E-state index in [2.05, 4.69) is 48.5 Å². The molecule has 2 aromatic rings. The predicted octanol–water partition coefficient (Wildman–Crippen LogP) is 2.84. The number of benzene rings is 2. The van der Waals surface area contributed by atoms with Crippen LogP contribution in [0, 0.1) is 40.8 Å². The molecule has 0 aliphatic carbocycles. The molecule has 0 heterocycles. The van der Waals surface area contributed by atoms with Crippen LogP contribution in [0.4, 0.5) is 0 Å². The Labute approximate surface area is 99.1 Å². The van der Waals surface area contributed by atoms with Gasteiger partial charge < -0.3 is 0 Å². The van der Waals surface area contributed by atoms with Crippen LogP contribution in [0.2, 0.25) is 0 Å². The van der Waals surface area contributed by atoms with Gasteiger partial charge in [0.05, 0.1) is 0 Å². The average Bonchev–Trinajstić information content (AvgIpc) is 2.05. The van der Waals surface area contributed by atoms with Crippen molar-refractivity contribution in [1.29, 1.82) is 0 Å². The monoisotopic (exact) mass is 270 g/mol.